The summed E-state index contributed by atoms with van der Waals surface area (Å²) in [6.45, 7) is 0. The fourth-order valence-corrected chi connectivity index (χ4v) is 1.78. The van der Waals surface area contributed by atoms with Crippen LogP contribution in [0.2, 0.25) is 0 Å². The number of benzene rings is 1. The van der Waals surface area contributed by atoms with Gasteiger partial charge in [0.05, 0.1) is 0 Å². The standard InChI is InChI=1S/C13H10BrN3O2/c14-10-5-3-4-9(8-10)12(18)16-17-13(19)11-6-1-2-7-15-11/h1-8H,(H,16,18)(H,17,19). The van der Waals surface area contributed by atoms with Crippen molar-refractivity contribution in [2.75, 3.05) is 0 Å². The van der Waals surface area contributed by atoms with Gasteiger partial charge in [-0.05, 0) is 30.3 Å². The molecule has 1 aromatic heterocycles. The number of rotatable bonds is 2. The molecule has 1 aromatic carbocycles. The SMILES string of the molecule is O=C(NNC(=O)c1ccccn1)c1cccc(Br)c1. The van der Waals surface area contributed by atoms with Crippen LogP contribution >= 0.6 is 15.9 Å². The molecule has 0 aliphatic rings. The Hall–Kier alpha value is -2.21. The second-order valence-corrected chi connectivity index (χ2v) is 4.55. The van der Waals surface area contributed by atoms with E-state index in [1.165, 1.54) is 6.20 Å². The first-order valence-electron chi connectivity index (χ1n) is 5.44. The highest BCUT2D eigenvalue weighted by Gasteiger charge is 2.09. The maximum atomic E-state index is 11.8. The summed E-state index contributed by atoms with van der Waals surface area (Å²) in [5, 5.41) is 0. The molecule has 2 rings (SSSR count). The number of nitrogens with one attached hydrogen (secondary N) is 2. The molecule has 0 fully saturated rings. The van der Waals surface area contributed by atoms with Crippen molar-refractivity contribution in [1.82, 2.24) is 15.8 Å². The Morgan fingerprint density at radius 2 is 1.79 bits per heavy atom. The molecule has 2 amide bonds. The van der Waals surface area contributed by atoms with Crippen LogP contribution in [0.1, 0.15) is 20.8 Å². The summed E-state index contributed by atoms with van der Waals surface area (Å²) in [6.07, 6.45) is 1.51. The van der Waals surface area contributed by atoms with Crippen LogP contribution in [0.25, 0.3) is 0 Å². The highest BCUT2D eigenvalue weighted by Crippen LogP contribution is 2.11. The molecule has 2 aromatic rings. The van der Waals surface area contributed by atoms with Crippen LogP contribution in [-0.4, -0.2) is 16.8 Å². The minimum absolute atomic E-state index is 0.233. The molecule has 0 bridgehead atoms. The molecule has 96 valence electrons. The number of halogens is 1. The molecule has 0 spiro atoms. The molecule has 0 saturated carbocycles. The molecular formula is C13H10BrN3O2. The predicted octanol–water partition coefficient (Wildman–Crippen LogP) is 1.92. The van der Waals surface area contributed by atoms with E-state index in [0.29, 0.717) is 5.56 Å². The minimum Gasteiger partial charge on any atom is -0.267 e. The van der Waals surface area contributed by atoms with E-state index >= 15 is 0 Å². The van der Waals surface area contributed by atoms with Crippen molar-refractivity contribution in [3.05, 3.63) is 64.4 Å². The number of hydrazine groups is 1. The third kappa shape index (κ3) is 3.62. The van der Waals surface area contributed by atoms with E-state index in [0.717, 1.165) is 4.47 Å². The molecule has 1 heterocycles. The van der Waals surface area contributed by atoms with Gasteiger partial charge in [-0.3, -0.25) is 25.4 Å². The zero-order valence-electron chi connectivity index (χ0n) is 9.76. The summed E-state index contributed by atoms with van der Waals surface area (Å²) >= 11 is 3.27. The summed E-state index contributed by atoms with van der Waals surface area (Å²) in [7, 11) is 0. The lowest BCUT2D eigenvalue weighted by Gasteiger charge is -2.07. The first-order valence-corrected chi connectivity index (χ1v) is 6.23. The van der Waals surface area contributed by atoms with Crippen LogP contribution in [0.5, 0.6) is 0 Å². The molecule has 5 nitrogen and oxygen atoms in total. The molecule has 0 unspecified atom stereocenters. The van der Waals surface area contributed by atoms with E-state index in [4.69, 9.17) is 0 Å². The Morgan fingerprint density at radius 1 is 1.00 bits per heavy atom. The van der Waals surface area contributed by atoms with Crippen molar-refractivity contribution in [2.24, 2.45) is 0 Å². The van der Waals surface area contributed by atoms with Crippen molar-refractivity contribution in [3.8, 4) is 0 Å². The van der Waals surface area contributed by atoms with E-state index < -0.39 is 11.8 Å². The lowest BCUT2D eigenvalue weighted by Crippen LogP contribution is -2.41. The Labute approximate surface area is 118 Å². The van der Waals surface area contributed by atoms with Crippen LogP contribution in [0.4, 0.5) is 0 Å². The molecule has 6 heteroatoms. The molecule has 0 aliphatic carbocycles. The first kappa shape index (κ1) is 13.2. The van der Waals surface area contributed by atoms with Crippen molar-refractivity contribution >= 4 is 27.7 Å². The second kappa shape index (κ2) is 6.10. The quantitative estimate of drug-likeness (QED) is 0.831. The van der Waals surface area contributed by atoms with Gasteiger partial charge in [-0.1, -0.05) is 28.1 Å². The van der Waals surface area contributed by atoms with Crippen LogP contribution in [0, 0.1) is 0 Å². The maximum absolute atomic E-state index is 11.8. The first-order chi connectivity index (χ1) is 9.16. The lowest BCUT2D eigenvalue weighted by atomic mass is 10.2. The molecule has 0 aliphatic heterocycles. The number of hydrogen-bond donors (Lipinski definition) is 2. The fraction of sp³-hybridized carbons (Fsp3) is 0. The average Bonchev–Trinajstić information content (AvgIpc) is 2.45. The monoisotopic (exact) mass is 319 g/mol. The highest BCUT2D eigenvalue weighted by molar-refractivity contribution is 9.10. The normalized spacial score (nSPS) is 9.74. The third-order valence-electron chi connectivity index (χ3n) is 2.27. The summed E-state index contributed by atoms with van der Waals surface area (Å²) in [4.78, 5) is 27.3. The van der Waals surface area contributed by atoms with Gasteiger partial charge in [0.1, 0.15) is 5.69 Å². The van der Waals surface area contributed by atoms with E-state index in [1.807, 2.05) is 6.07 Å². The Kier molecular flexibility index (Phi) is 4.25. The fourth-order valence-electron chi connectivity index (χ4n) is 1.38. The maximum Gasteiger partial charge on any atom is 0.288 e. The molecular weight excluding hydrogens is 310 g/mol. The minimum atomic E-state index is -0.469. The van der Waals surface area contributed by atoms with Crippen LogP contribution < -0.4 is 10.9 Å². The van der Waals surface area contributed by atoms with E-state index in [1.54, 1.807) is 36.4 Å². The van der Waals surface area contributed by atoms with E-state index in [2.05, 4.69) is 31.8 Å². The number of carbonyl (C=O) groups is 2. The number of pyridine rings is 1. The zero-order valence-corrected chi connectivity index (χ0v) is 11.3. The van der Waals surface area contributed by atoms with E-state index in [9.17, 15) is 9.59 Å². The Bertz CT molecular complexity index is 602. The number of nitrogens with zero attached hydrogens (tertiary/aromatic N) is 1. The lowest BCUT2D eigenvalue weighted by molar-refractivity contribution is 0.0844. The molecule has 0 saturated heterocycles. The number of carbonyl (C=O) groups excluding carboxylic acids is 2. The molecule has 2 N–H and O–H groups in total. The number of aromatic nitrogens is 1. The third-order valence-corrected chi connectivity index (χ3v) is 2.77. The summed E-state index contributed by atoms with van der Waals surface area (Å²) in [6, 6.07) is 11.8. The van der Waals surface area contributed by atoms with Gasteiger partial charge in [0.15, 0.2) is 0 Å². The largest absolute Gasteiger partial charge is 0.288 e. The van der Waals surface area contributed by atoms with Crippen LogP contribution in [0.15, 0.2) is 53.1 Å². The number of amides is 2. The summed E-state index contributed by atoms with van der Waals surface area (Å²) in [5.74, 6) is -0.866. The Morgan fingerprint density at radius 3 is 2.47 bits per heavy atom. The van der Waals surface area contributed by atoms with E-state index in [-0.39, 0.29) is 5.69 Å². The highest BCUT2D eigenvalue weighted by atomic mass is 79.9. The average molecular weight is 320 g/mol. The van der Waals surface area contributed by atoms with Crippen molar-refractivity contribution in [2.45, 2.75) is 0 Å². The van der Waals surface area contributed by atoms with Crippen LogP contribution in [-0.2, 0) is 0 Å². The summed E-state index contributed by atoms with van der Waals surface area (Å²) in [5.41, 5.74) is 5.30. The topological polar surface area (TPSA) is 71.1 Å². The van der Waals surface area contributed by atoms with Gasteiger partial charge in [-0.15, -0.1) is 0 Å². The van der Waals surface area contributed by atoms with Gasteiger partial charge in [-0.2, -0.15) is 0 Å². The van der Waals surface area contributed by atoms with Crippen molar-refractivity contribution in [1.29, 1.82) is 0 Å². The smallest absolute Gasteiger partial charge is 0.267 e. The van der Waals surface area contributed by atoms with Crippen molar-refractivity contribution < 1.29 is 9.59 Å². The van der Waals surface area contributed by atoms with Gasteiger partial charge >= 0.3 is 0 Å². The van der Waals surface area contributed by atoms with Gasteiger partial charge in [-0.25, -0.2) is 0 Å². The molecule has 19 heavy (non-hydrogen) atoms. The zero-order chi connectivity index (χ0) is 13.7. The summed E-state index contributed by atoms with van der Waals surface area (Å²) < 4.78 is 0.788. The number of hydrogen-bond acceptors (Lipinski definition) is 3. The molecule has 0 radical (unpaired) electrons. The Balaban J connectivity index is 1.96. The van der Waals surface area contributed by atoms with Gasteiger partial charge < -0.3 is 0 Å². The van der Waals surface area contributed by atoms with Gasteiger partial charge in [0, 0.05) is 16.2 Å². The van der Waals surface area contributed by atoms with Gasteiger partial charge in [0.25, 0.3) is 11.8 Å². The molecule has 0 atom stereocenters. The van der Waals surface area contributed by atoms with Crippen LogP contribution in [0.3, 0.4) is 0 Å². The predicted molar refractivity (Wildman–Crippen MR) is 73.3 cm³/mol. The second-order valence-electron chi connectivity index (χ2n) is 3.63. The van der Waals surface area contributed by atoms with Crippen molar-refractivity contribution in [3.63, 3.8) is 0 Å². The van der Waals surface area contributed by atoms with Gasteiger partial charge in [0.2, 0.25) is 0 Å².